The van der Waals surface area contributed by atoms with Crippen LogP contribution in [0, 0.1) is 11.7 Å². The molecule has 188 valence electrons. The molecule has 0 spiro atoms. The lowest BCUT2D eigenvalue weighted by Crippen LogP contribution is -2.44. The number of rotatable bonds is 6. The first-order chi connectivity index (χ1) is 16.6. The molecular formula is C24H30ClFN6O3. The minimum Gasteiger partial charge on any atom is -0.345 e. The first-order valence-electron chi connectivity index (χ1n) is 11.7. The van der Waals surface area contributed by atoms with Crippen molar-refractivity contribution in [3.8, 4) is 0 Å². The van der Waals surface area contributed by atoms with E-state index in [0.717, 1.165) is 23.8 Å². The quantitative estimate of drug-likeness (QED) is 0.514. The standard InChI is InChI=1S/C24H30ClFN6O3/c1-5-11-28(2)21(33)15-8-7-12-31(13-15)23-27-20-19(22(34)30(4)24(35)29(20)3)32(23)14-16-17(25)9-6-10-18(16)26/h6,9-10,15H,5,7-8,11-14H2,1-4H3. The van der Waals surface area contributed by atoms with Crippen molar-refractivity contribution in [1.82, 2.24) is 23.6 Å². The molecule has 35 heavy (non-hydrogen) atoms. The van der Waals surface area contributed by atoms with Crippen molar-refractivity contribution < 1.29 is 9.18 Å². The van der Waals surface area contributed by atoms with E-state index in [1.54, 1.807) is 29.6 Å². The molecule has 11 heteroatoms. The van der Waals surface area contributed by atoms with E-state index in [2.05, 4.69) is 4.98 Å². The van der Waals surface area contributed by atoms with E-state index in [9.17, 15) is 18.8 Å². The van der Waals surface area contributed by atoms with Crippen molar-refractivity contribution in [2.75, 3.05) is 31.6 Å². The number of benzene rings is 1. The highest BCUT2D eigenvalue weighted by atomic mass is 35.5. The van der Waals surface area contributed by atoms with Crippen LogP contribution >= 0.6 is 11.6 Å². The lowest BCUT2D eigenvalue weighted by Gasteiger charge is -2.34. The van der Waals surface area contributed by atoms with Crippen molar-refractivity contribution in [3.63, 3.8) is 0 Å². The Labute approximate surface area is 207 Å². The van der Waals surface area contributed by atoms with Crippen LogP contribution in [0.2, 0.25) is 5.02 Å². The molecule has 1 saturated heterocycles. The van der Waals surface area contributed by atoms with Gasteiger partial charge >= 0.3 is 5.69 Å². The SMILES string of the molecule is CCCN(C)C(=O)C1CCCN(c2nc3c(c(=O)n(C)c(=O)n3C)n2Cc2c(F)cccc2Cl)C1. The average Bonchev–Trinajstić information content (AvgIpc) is 3.23. The van der Waals surface area contributed by atoms with Gasteiger partial charge in [0, 0.05) is 51.4 Å². The first-order valence-corrected chi connectivity index (χ1v) is 12.1. The number of fused-ring (bicyclic) bond motifs is 1. The second kappa shape index (κ2) is 9.85. The third-order valence-electron chi connectivity index (χ3n) is 6.69. The van der Waals surface area contributed by atoms with Crippen LogP contribution < -0.4 is 16.1 Å². The van der Waals surface area contributed by atoms with Crippen LogP contribution in [-0.2, 0) is 25.4 Å². The number of nitrogens with zero attached hydrogens (tertiary/aromatic N) is 6. The minimum atomic E-state index is -0.526. The fraction of sp³-hybridized carbons (Fsp3) is 0.500. The largest absolute Gasteiger partial charge is 0.345 e. The third-order valence-corrected chi connectivity index (χ3v) is 7.05. The molecule has 1 atom stereocenters. The third kappa shape index (κ3) is 4.47. The van der Waals surface area contributed by atoms with Gasteiger partial charge in [-0.15, -0.1) is 0 Å². The zero-order chi connectivity index (χ0) is 25.4. The first kappa shape index (κ1) is 25.0. The van der Waals surface area contributed by atoms with Crippen molar-refractivity contribution in [1.29, 1.82) is 0 Å². The Balaban J connectivity index is 1.86. The van der Waals surface area contributed by atoms with Crippen LogP contribution in [-0.4, -0.2) is 56.2 Å². The Morgan fingerprint density at radius 1 is 1.26 bits per heavy atom. The number of carbonyl (C=O) groups excluding carboxylic acids is 1. The number of hydrogen-bond acceptors (Lipinski definition) is 5. The van der Waals surface area contributed by atoms with Gasteiger partial charge in [0.2, 0.25) is 11.9 Å². The molecule has 1 aromatic carbocycles. The molecule has 0 saturated carbocycles. The maximum atomic E-state index is 14.7. The minimum absolute atomic E-state index is 0.0460. The number of aryl methyl sites for hydroxylation is 1. The van der Waals surface area contributed by atoms with Gasteiger partial charge in [-0.25, -0.2) is 9.18 Å². The molecular weight excluding hydrogens is 475 g/mol. The van der Waals surface area contributed by atoms with Crippen molar-refractivity contribution >= 4 is 34.6 Å². The zero-order valence-electron chi connectivity index (χ0n) is 20.4. The van der Waals surface area contributed by atoms with E-state index in [0.29, 0.717) is 25.6 Å². The summed E-state index contributed by atoms with van der Waals surface area (Å²) in [5.41, 5.74) is -0.423. The molecule has 1 unspecified atom stereocenters. The molecule has 1 fully saturated rings. The second-order valence-electron chi connectivity index (χ2n) is 9.12. The number of halogens is 2. The Kier molecular flexibility index (Phi) is 7.02. The maximum absolute atomic E-state index is 14.7. The molecule has 1 amide bonds. The van der Waals surface area contributed by atoms with E-state index < -0.39 is 17.1 Å². The molecule has 0 radical (unpaired) electrons. The van der Waals surface area contributed by atoms with E-state index in [1.165, 1.54) is 23.7 Å². The number of hydrogen-bond donors (Lipinski definition) is 0. The average molecular weight is 505 g/mol. The number of anilines is 1. The topological polar surface area (TPSA) is 85.4 Å². The van der Waals surface area contributed by atoms with Gasteiger partial charge in [-0.05, 0) is 31.4 Å². The van der Waals surface area contributed by atoms with Gasteiger partial charge in [0.1, 0.15) is 5.82 Å². The Morgan fingerprint density at radius 3 is 2.69 bits per heavy atom. The summed E-state index contributed by atoms with van der Waals surface area (Å²) in [6.45, 7) is 3.69. The monoisotopic (exact) mass is 504 g/mol. The van der Waals surface area contributed by atoms with E-state index in [4.69, 9.17) is 11.6 Å². The summed E-state index contributed by atoms with van der Waals surface area (Å²) in [6.07, 6.45) is 2.38. The number of imidazole rings is 1. The fourth-order valence-electron chi connectivity index (χ4n) is 4.79. The van der Waals surface area contributed by atoms with Crippen LogP contribution in [0.15, 0.2) is 27.8 Å². The highest BCUT2D eigenvalue weighted by molar-refractivity contribution is 6.31. The molecule has 0 bridgehead atoms. The summed E-state index contributed by atoms with van der Waals surface area (Å²) >= 11 is 6.32. The molecule has 1 aliphatic heterocycles. The molecule has 0 aliphatic carbocycles. The number of piperidine rings is 1. The number of carbonyl (C=O) groups is 1. The van der Waals surface area contributed by atoms with Gasteiger partial charge in [0.25, 0.3) is 5.56 Å². The Hall–Kier alpha value is -3.14. The van der Waals surface area contributed by atoms with E-state index in [-0.39, 0.29) is 40.1 Å². The predicted octanol–water partition coefficient (Wildman–Crippen LogP) is 2.36. The maximum Gasteiger partial charge on any atom is 0.332 e. The fourth-order valence-corrected chi connectivity index (χ4v) is 5.01. The normalized spacial score (nSPS) is 16.2. The van der Waals surface area contributed by atoms with Crippen LogP contribution in [0.25, 0.3) is 11.2 Å². The second-order valence-corrected chi connectivity index (χ2v) is 9.53. The van der Waals surface area contributed by atoms with Crippen molar-refractivity contribution in [3.05, 3.63) is 55.4 Å². The molecule has 3 heterocycles. The highest BCUT2D eigenvalue weighted by Gasteiger charge is 2.31. The van der Waals surface area contributed by atoms with Crippen LogP contribution in [0.3, 0.4) is 0 Å². The van der Waals surface area contributed by atoms with E-state index >= 15 is 0 Å². The molecule has 4 rings (SSSR count). The summed E-state index contributed by atoms with van der Waals surface area (Å²) in [5.74, 6) is -0.245. The van der Waals surface area contributed by atoms with Gasteiger partial charge in [-0.2, -0.15) is 4.98 Å². The number of aromatic nitrogens is 4. The summed E-state index contributed by atoms with van der Waals surface area (Å²) < 4.78 is 18.7. The van der Waals surface area contributed by atoms with Gasteiger partial charge in [0.05, 0.1) is 12.5 Å². The lowest BCUT2D eigenvalue weighted by atomic mass is 9.97. The van der Waals surface area contributed by atoms with Gasteiger partial charge in [0.15, 0.2) is 11.2 Å². The van der Waals surface area contributed by atoms with E-state index in [1.807, 2.05) is 11.8 Å². The lowest BCUT2D eigenvalue weighted by molar-refractivity contribution is -0.134. The molecule has 3 aromatic rings. The summed E-state index contributed by atoms with van der Waals surface area (Å²) in [7, 11) is 4.75. The summed E-state index contributed by atoms with van der Waals surface area (Å²) in [4.78, 5) is 47.1. The molecule has 0 N–H and O–H groups in total. The van der Waals surface area contributed by atoms with Crippen molar-refractivity contribution in [2.45, 2.75) is 32.7 Å². The predicted molar refractivity (Wildman–Crippen MR) is 134 cm³/mol. The molecule has 2 aromatic heterocycles. The van der Waals surface area contributed by atoms with Crippen LogP contribution in [0.5, 0.6) is 0 Å². The summed E-state index contributed by atoms with van der Waals surface area (Å²) in [5, 5.41) is 0.229. The zero-order valence-corrected chi connectivity index (χ0v) is 21.2. The molecule has 1 aliphatic rings. The number of amides is 1. The van der Waals surface area contributed by atoms with Crippen LogP contribution in [0.4, 0.5) is 10.3 Å². The van der Waals surface area contributed by atoms with Crippen molar-refractivity contribution in [2.24, 2.45) is 20.0 Å². The smallest absolute Gasteiger partial charge is 0.332 e. The van der Waals surface area contributed by atoms with Crippen LogP contribution in [0.1, 0.15) is 31.7 Å². The summed E-state index contributed by atoms with van der Waals surface area (Å²) in [6, 6.07) is 4.42. The Morgan fingerprint density at radius 2 is 2.00 bits per heavy atom. The Bertz CT molecular complexity index is 1370. The van der Waals surface area contributed by atoms with Gasteiger partial charge in [-0.1, -0.05) is 24.6 Å². The molecule has 9 nitrogen and oxygen atoms in total. The highest BCUT2D eigenvalue weighted by Crippen LogP contribution is 2.29. The van der Waals surface area contributed by atoms with Gasteiger partial charge < -0.3 is 9.80 Å². The van der Waals surface area contributed by atoms with Gasteiger partial charge in [-0.3, -0.25) is 23.3 Å².